The van der Waals surface area contributed by atoms with E-state index in [0.29, 0.717) is 11.7 Å². The van der Waals surface area contributed by atoms with E-state index in [1.54, 1.807) is 0 Å². The van der Waals surface area contributed by atoms with Crippen molar-refractivity contribution in [1.82, 2.24) is 14.8 Å². The first-order valence-electron chi connectivity index (χ1n) is 5.97. The Morgan fingerprint density at radius 3 is 2.38 bits per heavy atom. The molecule has 0 aliphatic rings. The highest BCUT2D eigenvalue weighted by atomic mass is 16.3. The Bertz CT molecular complexity index is 339. The second-order valence-corrected chi connectivity index (χ2v) is 5.33. The van der Waals surface area contributed by atoms with E-state index >= 15 is 0 Å². The van der Waals surface area contributed by atoms with Crippen LogP contribution in [0.1, 0.15) is 65.0 Å². The van der Waals surface area contributed by atoms with Crippen molar-refractivity contribution in [3.63, 3.8) is 0 Å². The minimum absolute atomic E-state index is 0.0525. The number of rotatable bonds is 4. The third-order valence-electron chi connectivity index (χ3n) is 2.73. The standard InChI is InChI=1S/C12H23N3O/c1-6-7-9(2)11-14-13-10(8-16)15(11)12(3,4)5/h9,16H,6-8H2,1-5H3. The van der Waals surface area contributed by atoms with Crippen molar-refractivity contribution in [2.75, 3.05) is 0 Å². The van der Waals surface area contributed by atoms with Crippen LogP contribution in [-0.2, 0) is 12.1 Å². The summed E-state index contributed by atoms with van der Waals surface area (Å²) in [5.41, 5.74) is -0.0844. The van der Waals surface area contributed by atoms with Crippen LogP contribution in [-0.4, -0.2) is 19.9 Å². The first-order chi connectivity index (χ1) is 7.41. The number of hydrogen-bond donors (Lipinski definition) is 1. The minimum atomic E-state index is -0.0844. The van der Waals surface area contributed by atoms with Gasteiger partial charge in [-0.2, -0.15) is 0 Å². The average molecular weight is 225 g/mol. The average Bonchev–Trinajstić information content (AvgIpc) is 2.60. The predicted molar refractivity (Wildman–Crippen MR) is 64.3 cm³/mol. The summed E-state index contributed by atoms with van der Waals surface area (Å²) in [5, 5.41) is 17.6. The lowest BCUT2D eigenvalue weighted by molar-refractivity contribution is 0.246. The first kappa shape index (κ1) is 13.2. The highest BCUT2D eigenvalue weighted by Gasteiger charge is 2.24. The number of aliphatic hydroxyl groups is 1. The van der Waals surface area contributed by atoms with Gasteiger partial charge in [0.05, 0.1) is 0 Å². The van der Waals surface area contributed by atoms with Crippen LogP contribution < -0.4 is 0 Å². The normalized spacial score (nSPS) is 14.1. The van der Waals surface area contributed by atoms with E-state index < -0.39 is 0 Å². The molecule has 16 heavy (non-hydrogen) atoms. The van der Waals surface area contributed by atoms with E-state index in [1.165, 1.54) is 0 Å². The smallest absolute Gasteiger partial charge is 0.159 e. The number of aromatic nitrogens is 3. The highest BCUT2D eigenvalue weighted by molar-refractivity contribution is 5.04. The van der Waals surface area contributed by atoms with Gasteiger partial charge in [0.1, 0.15) is 12.4 Å². The summed E-state index contributed by atoms with van der Waals surface area (Å²) in [7, 11) is 0. The Labute approximate surface area is 97.7 Å². The zero-order valence-corrected chi connectivity index (χ0v) is 11.0. The van der Waals surface area contributed by atoms with E-state index in [-0.39, 0.29) is 12.1 Å². The number of hydrogen-bond acceptors (Lipinski definition) is 3. The Morgan fingerprint density at radius 2 is 1.94 bits per heavy atom. The summed E-state index contributed by atoms with van der Waals surface area (Å²) in [6.07, 6.45) is 2.23. The van der Waals surface area contributed by atoms with Gasteiger partial charge in [-0.15, -0.1) is 10.2 Å². The molecule has 0 aliphatic carbocycles. The molecule has 0 amide bonds. The van der Waals surface area contributed by atoms with Gasteiger partial charge in [-0.3, -0.25) is 0 Å². The lowest BCUT2D eigenvalue weighted by Gasteiger charge is -2.26. The molecule has 4 nitrogen and oxygen atoms in total. The lowest BCUT2D eigenvalue weighted by atomic mass is 10.0. The molecular formula is C12H23N3O. The van der Waals surface area contributed by atoms with Crippen molar-refractivity contribution in [1.29, 1.82) is 0 Å². The molecule has 0 aliphatic heterocycles. The van der Waals surface area contributed by atoms with Crippen LogP contribution in [0.25, 0.3) is 0 Å². The van der Waals surface area contributed by atoms with Gasteiger partial charge < -0.3 is 9.67 Å². The van der Waals surface area contributed by atoms with E-state index in [4.69, 9.17) is 0 Å². The Balaban J connectivity index is 3.15. The van der Waals surface area contributed by atoms with Gasteiger partial charge in [0, 0.05) is 11.5 Å². The molecule has 1 unspecified atom stereocenters. The first-order valence-corrected chi connectivity index (χ1v) is 5.97. The molecule has 0 saturated heterocycles. The molecule has 0 spiro atoms. The highest BCUT2D eigenvalue weighted by Crippen LogP contribution is 2.26. The van der Waals surface area contributed by atoms with Crippen LogP contribution >= 0.6 is 0 Å². The van der Waals surface area contributed by atoms with Crippen LogP contribution in [0, 0.1) is 0 Å². The Morgan fingerprint density at radius 1 is 1.31 bits per heavy atom. The molecule has 0 saturated carbocycles. The van der Waals surface area contributed by atoms with Crippen LogP contribution in [0.15, 0.2) is 0 Å². The fourth-order valence-corrected chi connectivity index (χ4v) is 2.04. The molecule has 1 rings (SSSR count). The fraction of sp³-hybridized carbons (Fsp3) is 0.833. The van der Waals surface area contributed by atoms with Crippen LogP contribution in [0.2, 0.25) is 0 Å². The van der Waals surface area contributed by atoms with Gasteiger partial charge in [-0.25, -0.2) is 0 Å². The molecule has 1 aromatic rings. The summed E-state index contributed by atoms with van der Waals surface area (Å²) in [6, 6.07) is 0. The third kappa shape index (κ3) is 2.61. The molecule has 0 bridgehead atoms. The topological polar surface area (TPSA) is 50.9 Å². The summed E-state index contributed by atoms with van der Waals surface area (Å²) < 4.78 is 2.06. The van der Waals surface area contributed by atoms with Crippen LogP contribution in [0.5, 0.6) is 0 Å². The molecule has 0 fully saturated rings. The molecular weight excluding hydrogens is 202 g/mol. The molecule has 4 heteroatoms. The van der Waals surface area contributed by atoms with Gasteiger partial charge >= 0.3 is 0 Å². The van der Waals surface area contributed by atoms with Gasteiger partial charge in [0.2, 0.25) is 0 Å². The van der Waals surface area contributed by atoms with Crippen LogP contribution in [0.4, 0.5) is 0 Å². The number of aliphatic hydroxyl groups excluding tert-OH is 1. The van der Waals surface area contributed by atoms with Crippen molar-refractivity contribution in [3.8, 4) is 0 Å². The second kappa shape index (κ2) is 4.95. The van der Waals surface area contributed by atoms with E-state index in [9.17, 15) is 5.11 Å². The van der Waals surface area contributed by atoms with Gasteiger partial charge in [0.25, 0.3) is 0 Å². The monoisotopic (exact) mass is 225 g/mol. The molecule has 1 heterocycles. The molecule has 1 N–H and O–H groups in total. The number of nitrogens with zero attached hydrogens (tertiary/aromatic N) is 3. The van der Waals surface area contributed by atoms with Gasteiger partial charge in [-0.1, -0.05) is 20.3 Å². The maximum atomic E-state index is 9.28. The van der Waals surface area contributed by atoms with E-state index in [1.807, 2.05) is 0 Å². The predicted octanol–water partition coefficient (Wildman–Crippen LogP) is 2.43. The lowest BCUT2D eigenvalue weighted by Crippen LogP contribution is -2.27. The second-order valence-electron chi connectivity index (χ2n) is 5.33. The van der Waals surface area contributed by atoms with E-state index in [0.717, 1.165) is 18.7 Å². The van der Waals surface area contributed by atoms with Crippen molar-refractivity contribution < 1.29 is 5.11 Å². The van der Waals surface area contributed by atoms with Crippen LogP contribution in [0.3, 0.4) is 0 Å². The van der Waals surface area contributed by atoms with E-state index in [2.05, 4.69) is 49.4 Å². The third-order valence-corrected chi connectivity index (χ3v) is 2.73. The quantitative estimate of drug-likeness (QED) is 0.856. The van der Waals surface area contributed by atoms with Crippen molar-refractivity contribution >= 4 is 0 Å². The molecule has 1 aromatic heterocycles. The summed E-state index contributed by atoms with van der Waals surface area (Å²) in [6.45, 7) is 10.6. The molecule has 0 aromatic carbocycles. The fourth-order valence-electron chi connectivity index (χ4n) is 2.04. The van der Waals surface area contributed by atoms with Crippen molar-refractivity contribution in [2.45, 2.75) is 65.5 Å². The summed E-state index contributed by atoms with van der Waals surface area (Å²) >= 11 is 0. The van der Waals surface area contributed by atoms with Crippen molar-refractivity contribution in [3.05, 3.63) is 11.6 Å². The van der Waals surface area contributed by atoms with Crippen molar-refractivity contribution in [2.24, 2.45) is 0 Å². The Hall–Kier alpha value is -0.900. The maximum absolute atomic E-state index is 9.28. The summed E-state index contributed by atoms with van der Waals surface area (Å²) in [4.78, 5) is 0. The SMILES string of the molecule is CCCC(C)c1nnc(CO)n1C(C)(C)C. The maximum Gasteiger partial charge on any atom is 0.159 e. The largest absolute Gasteiger partial charge is 0.388 e. The zero-order valence-electron chi connectivity index (χ0n) is 11.0. The molecule has 1 atom stereocenters. The zero-order chi connectivity index (χ0) is 12.3. The molecule has 92 valence electrons. The minimum Gasteiger partial charge on any atom is -0.388 e. The van der Waals surface area contributed by atoms with Gasteiger partial charge in [0.15, 0.2) is 5.82 Å². The Kier molecular flexibility index (Phi) is 4.08. The molecule has 0 radical (unpaired) electrons. The van der Waals surface area contributed by atoms with Gasteiger partial charge in [-0.05, 0) is 27.2 Å². The summed E-state index contributed by atoms with van der Waals surface area (Å²) in [5.74, 6) is 2.03.